The van der Waals surface area contributed by atoms with Crippen LogP contribution in [0.15, 0.2) is 18.5 Å². The summed E-state index contributed by atoms with van der Waals surface area (Å²) in [4.78, 5) is 17.8. The standard InChI is InChI=1S/C25H36F2N6O5/c1-23(2,3)38-22(34)29-9-8-14-10-25(26,27)12-32(14)11-17-19-20(37-24(4,5)36-19)18(35-17)15-6-7-16-21(28)30-13-31-33(15)16/h6-7,13-14,17-20H,8-12H2,1-5H3,(H,29,34)(H2,28,30,31)/t14-,17-,18+,19-,20+/m1/s1. The number of alkyl carbamates (subject to hydrolysis) is 1. The fourth-order valence-corrected chi connectivity index (χ4v) is 5.60. The largest absolute Gasteiger partial charge is 0.444 e. The lowest BCUT2D eigenvalue weighted by Gasteiger charge is -2.29. The molecule has 3 fully saturated rings. The third kappa shape index (κ3) is 5.56. The maximum atomic E-state index is 14.6. The molecule has 38 heavy (non-hydrogen) atoms. The summed E-state index contributed by atoms with van der Waals surface area (Å²) in [5.41, 5.74) is 6.73. The van der Waals surface area contributed by atoms with Gasteiger partial charge in [-0.05, 0) is 53.2 Å². The molecule has 0 radical (unpaired) electrons. The molecule has 0 saturated carbocycles. The number of fused-ring (bicyclic) bond motifs is 2. The first kappa shape index (κ1) is 27.0. The number of aromatic nitrogens is 3. The third-order valence-corrected chi connectivity index (χ3v) is 7.00. The minimum atomic E-state index is -2.84. The number of nitrogen functional groups attached to an aromatic ring is 1. The average Bonchev–Trinajstić information content (AvgIpc) is 3.49. The van der Waals surface area contributed by atoms with Gasteiger partial charge in [-0.25, -0.2) is 23.1 Å². The van der Waals surface area contributed by atoms with Crippen molar-refractivity contribution < 1.29 is 32.5 Å². The molecule has 3 N–H and O–H groups in total. The molecule has 3 aliphatic rings. The first-order valence-corrected chi connectivity index (χ1v) is 12.9. The van der Waals surface area contributed by atoms with Crippen molar-refractivity contribution in [1.82, 2.24) is 24.8 Å². The van der Waals surface area contributed by atoms with Gasteiger partial charge in [0.05, 0.1) is 12.2 Å². The number of anilines is 1. The molecule has 2 aromatic heterocycles. The molecule has 1 amide bonds. The Morgan fingerprint density at radius 3 is 2.74 bits per heavy atom. The van der Waals surface area contributed by atoms with E-state index in [0.717, 1.165) is 5.69 Å². The molecule has 2 aromatic rings. The predicted molar refractivity (Wildman–Crippen MR) is 133 cm³/mol. The van der Waals surface area contributed by atoms with Gasteiger partial charge in [0, 0.05) is 25.6 Å². The Labute approximate surface area is 219 Å². The van der Waals surface area contributed by atoms with E-state index in [0.29, 0.717) is 17.8 Å². The zero-order valence-corrected chi connectivity index (χ0v) is 22.3. The van der Waals surface area contributed by atoms with Gasteiger partial charge in [0.1, 0.15) is 41.9 Å². The van der Waals surface area contributed by atoms with Crippen LogP contribution >= 0.6 is 0 Å². The minimum Gasteiger partial charge on any atom is -0.444 e. The zero-order valence-electron chi connectivity index (χ0n) is 22.3. The van der Waals surface area contributed by atoms with Crippen LogP contribution in [0.5, 0.6) is 0 Å². The lowest BCUT2D eigenvalue weighted by Crippen LogP contribution is -2.43. The minimum absolute atomic E-state index is 0.219. The van der Waals surface area contributed by atoms with Crippen LogP contribution in [0.2, 0.25) is 0 Å². The SMILES string of the molecule is CC(C)(C)OC(=O)NCC[C@@H]1CC(F)(F)CN1C[C@H]1O[C@@H](c2ccc3c(N)ncnn23)[C@@H]2OC(C)(C)O[C@@H]21. The van der Waals surface area contributed by atoms with Gasteiger partial charge in [-0.2, -0.15) is 5.10 Å². The molecule has 3 saturated heterocycles. The molecule has 0 spiro atoms. The third-order valence-electron chi connectivity index (χ3n) is 7.00. The van der Waals surface area contributed by atoms with Crippen molar-refractivity contribution in [3.05, 3.63) is 24.2 Å². The number of likely N-dealkylation sites (tertiary alicyclic amines) is 1. The second kappa shape index (κ2) is 9.54. The molecule has 0 aromatic carbocycles. The second-order valence-corrected chi connectivity index (χ2v) is 11.7. The molecule has 11 nitrogen and oxygen atoms in total. The fraction of sp³-hybridized carbons (Fsp3) is 0.720. The number of alkyl halides is 2. The van der Waals surface area contributed by atoms with E-state index in [9.17, 15) is 13.6 Å². The number of nitrogens with one attached hydrogen (secondary N) is 1. The van der Waals surface area contributed by atoms with E-state index in [1.807, 2.05) is 26.0 Å². The molecule has 0 unspecified atom stereocenters. The van der Waals surface area contributed by atoms with Crippen LogP contribution < -0.4 is 11.1 Å². The lowest BCUT2D eigenvalue weighted by atomic mass is 10.0. The summed E-state index contributed by atoms with van der Waals surface area (Å²) in [5, 5.41) is 6.99. The Morgan fingerprint density at radius 1 is 1.26 bits per heavy atom. The van der Waals surface area contributed by atoms with Crippen molar-refractivity contribution in [2.75, 3.05) is 25.4 Å². The summed E-state index contributed by atoms with van der Waals surface area (Å²) >= 11 is 0. The highest BCUT2D eigenvalue weighted by atomic mass is 19.3. The Balaban J connectivity index is 1.31. The molecule has 5 atom stereocenters. The quantitative estimate of drug-likeness (QED) is 0.571. The number of nitrogens with zero attached hydrogens (tertiary/aromatic N) is 4. The number of hydrogen-bond acceptors (Lipinski definition) is 9. The highest BCUT2D eigenvalue weighted by Crippen LogP contribution is 2.46. The lowest BCUT2D eigenvalue weighted by molar-refractivity contribution is -0.190. The van der Waals surface area contributed by atoms with E-state index in [1.165, 1.54) is 6.33 Å². The number of hydrogen-bond donors (Lipinski definition) is 2. The molecule has 13 heteroatoms. The normalized spacial score (nSPS) is 30.6. The van der Waals surface area contributed by atoms with E-state index in [-0.39, 0.29) is 19.5 Å². The number of nitrogens with two attached hydrogens (primary N) is 1. The average molecular weight is 539 g/mol. The van der Waals surface area contributed by atoms with E-state index in [1.54, 1.807) is 30.2 Å². The summed E-state index contributed by atoms with van der Waals surface area (Å²) in [7, 11) is 0. The summed E-state index contributed by atoms with van der Waals surface area (Å²) in [6.07, 6.45) is -1.13. The van der Waals surface area contributed by atoms with Gasteiger partial charge in [-0.3, -0.25) is 4.90 Å². The van der Waals surface area contributed by atoms with Crippen molar-refractivity contribution in [1.29, 1.82) is 0 Å². The maximum absolute atomic E-state index is 14.6. The molecule has 5 rings (SSSR count). The van der Waals surface area contributed by atoms with Gasteiger partial charge in [0.15, 0.2) is 11.6 Å². The maximum Gasteiger partial charge on any atom is 0.407 e. The van der Waals surface area contributed by atoms with Gasteiger partial charge in [-0.1, -0.05) is 0 Å². The van der Waals surface area contributed by atoms with Crippen LogP contribution in [-0.4, -0.2) is 86.9 Å². The zero-order chi connectivity index (χ0) is 27.5. The van der Waals surface area contributed by atoms with Crippen LogP contribution in [0.1, 0.15) is 59.3 Å². The van der Waals surface area contributed by atoms with Gasteiger partial charge in [-0.15, -0.1) is 0 Å². The molecular weight excluding hydrogens is 502 g/mol. The van der Waals surface area contributed by atoms with Crippen molar-refractivity contribution in [2.45, 2.75) is 95.2 Å². The number of halogens is 2. The highest BCUT2D eigenvalue weighted by Gasteiger charge is 2.57. The van der Waals surface area contributed by atoms with Crippen LogP contribution in [-0.2, 0) is 18.9 Å². The summed E-state index contributed by atoms with van der Waals surface area (Å²) in [6.45, 7) is 9.00. The van der Waals surface area contributed by atoms with Gasteiger partial charge >= 0.3 is 6.09 Å². The Morgan fingerprint density at radius 2 is 2.00 bits per heavy atom. The molecule has 3 aliphatic heterocycles. The monoisotopic (exact) mass is 538 g/mol. The number of carbonyl (C=O) groups is 1. The topological polar surface area (TPSA) is 125 Å². The van der Waals surface area contributed by atoms with E-state index < -0.39 is 60.4 Å². The number of ether oxygens (including phenoxy) is 4. The van der Waals surface area contributed by atoms with Gasteiger partial charge in [0.25, 0.3) is 5.92 Å². The summed E-state index contributed by atoms with van der Waals surface area (Å²) in [6, 6.07) is 3.22. The van der Waals surface area contributed by atoms with Gasteiger partial charge in [0.2, 0.25) is 0 Å². The van der Waals surface area contributed by atoms with Gasteiger partial charge < -0.3 is 30.0 Å². The Hall–Kier alpha value is -2.61. The summed E-state index contributed by atoms with van der Waals surface area (Å²) in [5.74, 6) is -3.36. The Kier molecular flexibility index (Phi) is 6.77. The van der Waals surface area contributed by atoms with E-state index in [2.05, 4.69) is 15.4 Å². The van der Waals surface area contributed by atoms with Crippen LogP contribution in [0.3, 0.4) is 0 Å². The van der Waals surface area contributed by atoms with Crippen LogP contribution in [0.4, 0.5) is 19.4 Å². The van der Waals surface area contributed by atoms with Crippen molar-refractivity contribution in [2.24, 2.45) is 0 Å². The molecule has 5 heterocycles. The molecule has 0 bridgehead atoms. The smallest absolute Gasteiger partial charge is 0.407 e. The van der Waals surface area contributed by atoms with Crippen molar-refractivity contribution in [3.63, 3.8) is 0 Å². The summed E-state index contributed by atoms with van der Waals surface area (Å²) < 4.78 is 54.9. The number of amides is 1. The van der Waals surface area contributed by atoms with E-state index in [4.69, 9.17) is 24.7 Å². The Bertz CT molecular complexity index is 1180. The first-order chi connectivity index (χ1) is 17.7. The van der Waals surface area contributed by atoms with Crippen LogP contribution in [0.25, 0.3) is 5.52 Å². The molecule has 0 aliphatic carbocycles. The highest BCUT2D eigenvalue weighted by molar-refractivity contribution is 5.67. The number of carbonyl (C=O) groups excluding carboxylic acids is 1. The number of rotatable bonds is 6. The fourth-order valence-electron chi connectivity index (χ4n) is 5.60. The van der Waals surface area contributed by atoms with E-state index >= 15 is 0 Å². The van der Waals surface area contributed by atoms with Crippen molar-refractivity contribution >= 4 is 17.4 Å². The predicted octanol–water partition coefficient (Wildman–Crippen LogP) is 2.90. The van der Waals surface area contributed by atoms with Crippen LogP contribution in [0, 0.1) is 0 Å². The second-order valence-electron chi connectivity index (χ2n) is 11.7. The molecule has 210 valence electrons. The molecular formula is C25H36F2N6O5. The first-order valence-electron chi connectivity index (χ1n) is 12.9. The van der Waals surface area contributed by atoms with Crippen molar-refractivity contribution in [3.8, 4) is 0 Å².